The first-order valence-electron chi connectivity index (χ1n) is 7.40. The summed E-state index contributed by atoms with van der Waals surface area (Å²) in [5.74, 6) is 0.637. The smallest absolute Gasteiger partial charge is 0.232 e. The number of nitrogens with one attached hydrogen (secondary N) is 2. The Hall–Kier alpha value is -2.46. The van der Waals surface area contributed by atoms with E-state index in [0.29, 0.717) is 11.4 Å². The molecule has 0 radical (unpaired) electrons. The number of amides is 1. The molecular formula is C18H15ClN2O2. The molecule has 1 aliphatic rings. The number of halogens is 1. The Bertz CT molecular complexity index is 917. The van der Waals surface area contributed by atoms with E-state index >= 15 is 0 Å². The molecule has 1 aromatic heterocycles. The van der Waals surface area contributed by atoms with Crippen LogP contribution in [0.1, 0.15) is 17.0 Å². The van der Waals surface area contributed by atoms with Crippen LogP contribution in [-0.4, -0.2) is 18.0 Å². The SMILES string of the molecule is COc1ccc2c(CC3C(=O)Nc4cc(Cl)ccc43)c[nH]c2c1. The summed E-state index contributed by atoms with van der Waals surface area (Å²) in [6.45, 7) is 0. The number of hydrogen-bond acceptors (Lipinski definition) is 2. The Morgan fingerprint density at radius 3 is 2.91 bits per heavy atom. The topological polar surface area (TPSA) is 54.1 Å². The summed E-state index contributed by atoms with van der Waals surface area (Å²) in [7, 11) is 1.65. The Kier molecular flexibility index (Phi) is 3.27. The Morgan fingerprint density at radius 2 is 2.09 bits per heavy atom. The number of hydrogen-bond donors (Lipinski definition) is 2. The van der Waals surface area contributed by atoms with Crippen molar-refractivity contribution in [1.82, 2.24) is 4.98 Å². The summed E-state index contributed by atoms with van der Waals surface area (Å²) in [5, 5.41) is 4.65. The summed E-state index contributed by atoms with van der Waals surface area (Å²) < 4.78 is 5.24. The standard InChI is InChI=1S/C18H15ClN2O2/c1-23-12-3-5-13-10(9-20-16(13)8-12)6-15-14-4-2-11(19)7-17(14)21-18(15)22/h2-5,7-9,15,20H,6H2,1H3,(H,21,22). The first-order chi connectivity index (χ1) is 11.2. The molecule has 4 nitrogen and oxygen atoms in total. The van der Waals surface area contributed by atoms with Crippen LogP contribution in [-0.2, 0) is 11.2 Å². The lowest BCUT2D eigenvalue weighted by atomic mass is 9.93. The number of aromatic amines is 1. The zero-order valence-electron chi connectivity index (χ0n) is 12.5. The Balaban J connectivity index is 1.70. The van der Waals surface area contributed by atoms with Crippen LogP contribution in [0, 0.1) is 0 Å². The van der Waals surface area contributed by atoms with Crippen LogP contribution in [0.2, 0.25) is 5.02 Å². The Morgan fingerprint density at radius 1 is 1.22 bits per heavy atom. The van der Waals surface area contributed by atoms with E-state index in [4.69, 9.17) is 16.3 Å². The molecule has 1 unspecified atom stereocenters. The van der Waals surface area contributed by atoms with Gasteiger partial charge in [-0.05, 0) is 41.8 Å². The van der Waals surface area contributed by atoms with Gasteiger partial charge < -0.3 is 15.0 Å². The summed E-state index contributed by atoms with van der Waals surface area (Å²) in [6, 6.07) is 11.5. The van der Waals surface area contributed by atoms with Crippen molar-refractivity contribution >= 4 is 34.1 Å². The second kappa shape index (κ2) is 5.32. The lowest BCUT2D eigenvalue weighted by Gasteiger charge is -2.08. The largest absolute Gasteiger partial charge is 0.497 e. The van der Waals surface area contributed by atoms with E-state index in [1.54, 1.807) is 13.2 Å². The molecule has 2 aromatic carbocycles. The third-order valence-corrected chi connectivity index (χ3v) is 4.60. The van der Waals surface area contributed by atoms with E-state index in [2.05, 4.69) is 10.3 Å². The number of fused-ring (bicyclic) bond motifs is 2. The van der Waals surface area contributed by atoms with Crippen molar-refractivity contribution < 1.29 is 9.53 Å². The number of anilines is 1. The predicted molar refractivity (Wildman–Crippen MR) is 91.4 cm³/mol. The van der Waals surface area contributed by atoms with E-state index in [-0.39, 0.29) is 11.8 Å². The fourth-order valence-corrected chi connectivity index (χ4v) is 3.36. The minimum atomic E-state index is -0.191. The molecule has 5 heteroatoms. The summed E-state index contributed by atoms with van der Waals surface area (Å²) in [4.78, 5) is 15.6. The molecule has 0 aliphatic carbocycles. The van der Waals surface area contributed by atoms with Crippen molar-refractivity contribution in [2.45, 2.75) is 12.3 Å². The van der Waals surface area contributed by atoms with Gasteiger partial charge in [0.15, 0.2) is 0 Å². The van der Waals surface area contributed by atoms with Crippen LogP contribution in [0.15, 0.2) is 42.6 Å². The third kappa shape index (κ3) is 2.35. The van der Waals surface area contributed by atoms with Gasteiger partial charge in [0.2, 0.25) is 5.91 Å². The predicted octanol–water partition coefficient (Wildman–Crippen LogP) is 4.11. The van der Waals surface area contributed by atoms with Gasteiger partial charge in [-0.25, -0.2) is 0 Å². The van der Waals surface area contributed by atoms with Gasteiger partial charge in [0.05, 0.1) is 13.0 Å². The van der Waals surface area contributed by atoms with Crippen LogP contribution < -0.4 is 10.1 Å². The molecule has 1 aliphatic heterocycles. The van der Waals surface area contributed by atoms with Crippen LogP contribution in [0.25, 0.3) is 10.9 Å². The first kappa shape index (κ1) is 14.2. The number of aromatic nitrogens is 1. The van der Waals surface area contributed by atoms with E-state index in [1.165, 1.54) is 0 Å². The van der Waals surface area contributed by atoms with Gasteiger partial charge in [-0.3, -0.25) is 4.79 Å². The second-order valence-corrected chi connectivity index (χ2v) is 6.14. The van der Waals surface area contributed by atoms with Gasteiger partial charge in [0.1, 0.15) is 5.75 Å². The monoisotopic (exact) mass is 326 g/mol. The highest BCUT2D eigenvalue weighted by atomic mass is 35.5. The van der Waals surface area contributed by atoms with Gasteiger partial charge in [-0.15, -0.1) is 0 Å². The molecule has 4 rings (SSSR count). The first-order valence-corrected chi connectivity index (χ1v) is 7.78. The van der Waals surface area contributed by atoms with E-state index < -0.39 is 0 Å². The van der Waals surface area contributed by atoms with Crippen LogP contribution in [0.4, 0.5) is 5.69 Å². The van der Waals surface area contributed by atoms with Gasteiger partial charge in [0.25, 0.3) is 0 Å². The highest BCUT2D eigenvalue weighted by Gasteiger charge is 2.31. The van der Waals surface area contributed by atoms with Crippen molar-refractivity contribution in [2.24, 2.45) is 0 Å². The maximum Gasteiger partial charge on any atom is 0.232 e. The number of methoxy groups -OCH3 is 1. The Labute approximate surface area is 138 Å². The van der Waals surface area contributed by atoms with Gasteiger partial charge >= 0.3 is 0 Å². The second-order valence-electron chi connectivity index (χ2n) is 5.70. The molecule has 0 bridgehead atoms. The summed E-state index contributed by atoms with van der Waals surface area (Å²) >= 11 is 6.00. The van der Waals surface area contributed by atoms with Crippen LogP contribution >= 0.6 is 11.6 Å². The van der Waals surface area contributed by atoms with Gasteiger partial charge in [0, 0.05) is 33.9 Å². The molecule has 3 aromatic rings. The molecular weight excluding hydrogens is 312 g/mol. The normalized spacial score (nSPS) is 16.4. The molecule has 2 heterocycles. The molecule has 116 valence electrons. The lowest BCUT2D eigenvalue weighted by molar-refractivity contribution is -0.117. The van der Waals surface area contributed by atoms with Crippen LogP contribution in [0.5, 0.6) is 5.75 Å². The number of carbonyl (C=O) groups excluding carboxylic acids is 1. The number of carbonyl (C=O) groups is 1. The molecule has 1 atom stereocenters. The molecule has 0 spiro atoms. The fraction of sp³-hybridized carbons (Fsp3) is 0.167. The summed E-state index contributed by atoms with van der Waals surface area (Å²) in [6.07, 6.45) is 2.61. The zero-order chi connectivity index (χ0) is 16.0. The average molecular weight is 327 g/mol. The fourth-order valence-electron chi connectivity index (χ4n) is 3.19. The van der Waals surface area contributed by atoms with Gasteiger partial charge in [-0.2, -0.15) is 0 Å². The van der Waals surface area contributed by atoms with Crippen molar-refractivity contribution in [3.63, 3.8) is 0 Å². The van der Waals surface area contributed by atoms with E-state index in [9.17, 15) is 4.79 Å². The molecule has 2 N–H and O–H groups in total. The maximum absolute atomic E-state index is 12.3. The number of rotatable bonds is 3. The molecule has 0 saturated heterocycles. The van der Waals surface area contributed by atoms with Crippen molar-refractivity contribution in [1.29, 1.82) is 0 Å². The molecule has 0 fully saturated rings. The number of H-pyrrole nitrogens is 1. The van der Waals surface area contributed by atoms with Crippen molar-refractivity contribution in [3.8, 4) is 5.75 Å². The molecule has 1 amide bonds. The number of benzene rings is 2. The minimum Gasteiger partial charge on any atom is -0.497 e. The lowest BCUT2D eigenvalue weighted by Crippen LogP contribution is -2.14. The molecule has 23 heavy (non-hydrogen) atoms. The zero-order valence-corrected chi connectivity index (χ0v) is 13.3. The van der Waals surface area contributed by atoms with Crippen molar-refractivity contribution in [3.05, 3.63) is 58.7 Å². The quantitative estimate of drug-likeness (QED) is 0.761. The maximum atomic E-state index is 12.3. The highest BCUT2D eigenvalue weighted by Crippen LogP contribution is 2.37. The number of ether oxygens (including phenoxy) is 1. The average Bonchev–Trinajstić information content (AvgIpc) is 3.08. The van der Waals surface area contributed by atoms with Crippen LogP contribution in [0.3, 0.4) is 0 Å². The highest BCUT2D eigenvalue weighted by molar-refractivity contribution is 6.31. The molecule has 0 saturated carbocycles. The summed E-state index contributed by atoms with van der Waals surface area (Å²) in [5.41, 5.74) is 3.94. The minimum absolute atomic E-state index is 0.0186. The third-order valence-electron chi connectivity index (χ3n) is 4.36. The van der Waals surface area contributed by atoms with Gasteiger partial charge in [-0.1, -0.05) is 17.7 Å². The van der Waals surface area contributed by atoms with E-state index in [0.717, 1.165) is 33.5 Å². The van der Waals surface area contributed by atoms with Crippen molar-refractivity contribution in [2.75, 3.05) is 12.4 Å². The van der Waals surface area contributed by atoms with E-state index in [1.807, 2.05) is 36.5 Å².